The molecule has 90 valence electrons. The van der Waals surface area contributed by atoms with Crippen molar-refractivity contribution in [2.75, 3.05) is 6.61 Å². The lowest BCUT2D eigenvalue weighted by atomic mass is 9.80. The molecule has 0 heterocycles. The molecule has 0 bridgehead atoms. The van der Waals surface area contributed by atoms with Gasteiger partial charge in [-0.05, 0) is 36.5 Å². The lowest BCUT2D eigenvalue weighted by Crippen LogP contribution is -2.20. The Hall–Kier alpha value is -1.02. The van der Waals surface area contributed by atoms with Crippen LogP contribution in [0.4, 0.5) is 0 Å². The SMILES string of the molecule is CCOc1cccc(C(O)C(C)(C)CC)c1. The Balaban J connectivity index is 2.91. The summed E-state index contributed by atoms with van der Waals surface area (Å²) in [6, 6.07) is 7.71. The number of aliphatic hydroxyl groups excluding tert-OH is 1. The molecule has 1 aromatic rings. The normalized spacial score (nSPS) is 13.6. The molecule has 1 rings (SSSR count). The predicted molar refractivity (Wildman–Crippen MR) is 66.6 cm³/mol. The van der Waals surface area contributed by atoms with Crippen LogP contribution in [0.25, 0.3) is 0 Å². The first-order chi connectivity index (χ1) is 7.51. The first-order valence-corrected chi connectivity index (χ1v) is 5.92. The summed E-state index contributed by atoms with van der Waals surface area (Å²) in [5.41, 5.74) is 0.822. The summed E-state index contributed by atoms with van der Waals surface area (Å²) in [5.74, 6) is 0.825. The maximum absolute atomic E-state index is 10.3. The van der Waals surface area contributed by atoms with Crippen LogP contribution in [-0.2, 0) is 0 Å². The van der Waals surface area contributed by atoms with Crippen molar-refractivity contribution in [2.24, 2.45) is 5.41 Å². The summed E-state index contributed by atoms with van der Waals surface area (Å²) < 4.78 is 5.43. The van der Waals surface area contributed by atoms with Crippen molar-refractivity contribution in [3.05, 3.63) is 29.8 Å². The molecule has 0 aliphatic rings. The van der Waals surface area contributed by atoms with Gasteiger partial charge in [-0.1, -0.05) is 32.9 Å². The van der Waals surface area contributed by atoms with Crippen LogP contribution in [0.3, 0.4) is 0 Å². The summed E-state index contributed by atoms with van der Waals surface area (Å²) in [5, 5.41) is 10.3. The third kappa shape index (κ3) is 2.99. The zero-order valence-electron chi connectivity index (χ0n) is 10.7. The van der Waals surface area contributed by atoms with Crippen LogP contribution < -0.4 is 4.74 Å². The third-order valence-corrected chi connectivity index (χ3v) is 3.14. The van der Waals surface area contributed by atoms with E-state index in [1.165, 1.54) is 0 Å². The molecule has 2 heteroatoms. The topological polar surface area (TPSA) is 29.5 Å². The van der Waals surface area contributed by atoms with Gasteiger partial charge in [0, 0.05) is 0 Å². The first kappa shape index (κ1) is 13.0. The zero-order valence-corrected chi connectivity index (χ0v) is 10.7. The molecular weight excluding hydrogens is 200 g/mol. The number of benzene rings is 1. The van der Waals surface area contributed by atoms with E-state index in [1.807, 2.05) is 31.2 Å². The maximum atomic E-state index is 10.3. The standard InChI is InChI=1S/C14H22O2/c1-5-14(3,4)13(15)11-8-7-9-12(10-11)16-6-2/h7-10,13,15H,5-6H2,1-4H3. The van der Waals surface area contributed by atoms with Gasteiger partial charge in [0.25, 0.3) is 0 Å². The summed E-state index contributed by atoms with van der Waals surface area (Å²) in [6.07, 6.45) is 0.491. The molecule has 0 aromatic heterocycles. The van der Waals surface area contributed by atoms with Crippen LogP contribution in [0, 0.1) is 5.41 Å². The second-order valence-electron chi connectivity index (χ2n) is 4.75. The van der Waals surface area contributed by atoms with Crippen LogP contribution in [0.2, 0.25) is 0 Å². The van der Waals surface area contributed by atoms with Gasteiger partial charge in [-0.3, -0.25) is 0 Å². The number of ether oxygens (including phenoxy) is 1. The van der Waals surface area contributed by atoms with Crippen molar-refractivity contribution in [1.29, 1.82) is 0 Å². The van der Waals surface area contributed by atoms with Crippen molar-refractivity contribution < 1.29 is 9.84 Å². The zero-order chi connectivity index (χ0) is 12.2. The van der Waals surface area contributed by atoms with E-state index in [0.29, 0.717) is 6.61 Å². The van der Waals surface area contributed by atoms with Gasteiger partial charge in [-0.25, -0.2) is 0 Å². The molecule has 0 spiro atoms. The van der Waals surface area contributed by atoms with E-state index < -0.39 is 6.10 Å². The van der Waals surface area contributed by atoms with Gasteiger partial charge in [-0.15, -0.1) is 0 Å². The molecule has 0 saturated carbocycles. The predicted octanol–water partition coefficient (Wildman–Crippen LogP) is 3.55. The molecule has 1 N–H and O–H groups in total. The average molecular weight is 222 g/mol. The molecule has 1 aromatic carbocycles. The Morgan fingerprint density at radius 2 is 2.00 bits per heavy atom. The van der Waals surface area contributed by atoms with Gasteiger partial charge < -0.3 is 9.84 Å². The van der Waals surface area contributed by atoms with E-state index in [4.69, 9.17) is 4.74 Å². The molecular formula is C14H22O2. The summed E-state index contributed by atoms with van der Waals surface area (Å²) in [4.78, 5) is 0. The highest BCUT2D eigenvalue weighted by Gasteiger charge is 2.27. The Morgan fingerprint density at radius 3 is 2.56 bits per heavy atom. The van der Waals surface area contributed by atoms with Crippen LogP contribution in [-0.4, -0.2) is 11.7 Å². The van der Waals surface area contributed by atoms with Crippen molar-refractivity contribution in [3.63, 3.8) is 0 Å². The van der Waals surface area contributed by atoms with Gasteiger partial charge in [0.05, 0.1) is 12.7 Å². The number of rotatable bonds is 5. The Kier molecular flexibility index (Phi) is 4.36. The first-order valence-electron chi connectivity index (χ1n) is 5.92. The van der Waals surface area contributed by atoms with E-state index >= 15 is 0 Å². The van der Waals surface area contributed by atoms with E-state index in [1.54, 1.807) is 0 Å². The Bertz CT molecular complexity index is 331. The molecule has 0 fully saturated rings. The van der Waals surface area contributed by atoms with Crippen LogP contribution in [0.1, 0.15) is 45.8 Å². The van der Waals surface area contributed by atoms with Crippen molar-refractivity contribution >= 4 is 0 Å². The molecule has 0 amide bonds. The number of hydrogen-bond acceptors (Lipinski definition) is 2. The summed E-state index contributed by atoms with van der Waals surface area (Å²) >= 11 is 0. The highest BCUT2D eigenvalue weighted by atomic mass is 16.5. The molecule has 0 radical (unpaired) electrons. The molecule has 1 unspecified atom stereocenters. The quantitative estimate of drug-likeness (QED) is 0.825. The minimum atomic E-state index is -0.446. The molecule has 1 atom stereocenters. The molecule has 0 aliphatic heterocycles. The lowest BCUT2D eigenvalue weighted by Gasteiger charge is -2.29. The molecule has 2 nitrogen and oxygen atoms in total. The maximum Gasteiger partial charge on any atom is 0.119 e. The van der Waals surface area contributed by atoms with Crippen molar-refractivity contribution in [3.8, 4) is 5.75 Å². The smallest absolute Gasteiger partial charge is 0.119 e. The fraction of sp³-hybridized carbons (Fsp3) is 0.571. The minimum Gasteiger partial charge on any atom is -0.494 e. The molecule has 0 aliphatic carbocycles. The second kappa shape index (κ2) is 5.35. The highest BCUT2D eigenvalue weighted by Crippen LogP contribution is 2.36. The second-order valence-corrected chi connectivity index (χ2v) is 4.75. The minimum absolute atomic E-state index is 0.106. The molecule has 0 saturated heterocycles. The van der Waals surface area contributed by atoms with Crippen LogP contribution in [0.15, 0.2) is 24.3 Å². The van der Waals surface area contributed by atoms with E-state index in [-0.39, 0.29) is 5.41 Å². The monoisotopic (exact) mass is 222 g/mol. The summed E-state index contributed by atoms with van der Waals surface area (Å²) in [7, 11) is 0. The fourth-order valence-electron chi connectivity index (χ4n) is 1.59. The Morgan fingerprint density at radius 1 is 1.31 bits per heavy atom. The Labute approximate surface area is 98.3 Å². The summed E-state index contributed by atoms with van der Waals surface area (Å²) in [6.45, 7) is 8.85. The van der Waals surface area contributed by atoms with E-state index in [9.17, 15) is 5.11 Å². The van der Waals surface area contributed by atoms with Crippen LogP contribution >= 0.6 is 0 Å². The van der Waals surface area contributed by atoms with Gasteiger partial charge in [0.15, 0.2) is 0 Å². The third-order valence-electron chi connectivity index (χ3n) is 3.14. The van der Waals surface area contributed by atoms with Crippen LogP contribution in [0.5, 0.6) is 5.75 Å². The average Bonchev–Trinajstić information content (AvgIpc) is 2.29. The molecule has 16 heavy (non-hydrogen) atoms. The highest BCUT2D eigenvalue weighted by molar-refractivity contribution is 5.30. The van der Waals surface area contributed by atoms with Gasteiger partial charge in [0.1, 0.15) is 5.75 Å². The van der Waals surface area contributed by atoms with E-state index in [2.05, 4.69) is 20.8 Å². The number of aliphatic hydroxyl groups is 1. The largest absolute Gasteiger partial charge is 0.494 e. The fourth-order valence-corrected chi connectivity index (χ4v) is 1.59. The lowest BCUT2D eigenvalue weighted by molar-refractivity contribution is 0.0463. The van der Waals surface area contributed by atoms with Gasteiger partial charge in [0.2, 0.25) is 0 Å². The van der Waals surface area contributed by atoms with E-state index in [0.717, 1.165) is 17.7 Å². The van der Waals surface area contributed by atoms with Gasteiger partial charge >= 0.3 is 0 Å². The van der Waals surface area contributed by atoms with Crippen molar-refractivity contribution in [2.45, 2.75) is 40.2 Å². The van der Waals surface area contributed by atoms with Crippen molar-refractivity contribution in [1.82, 2.24) is 0 Å². The van der Waals surface area contributed by atoms with Gasteiger partial charge in [-0.2, -0.15) is 0 Å². The number of hydrogen-bond donors (Lipinski definition) is 1.